The van der Waals surface area contributed by atoms with Gasteiger partial charge in [-0.1, -0.05) is 24.8 Å². The molecule has 0 aliphatic carbocycles. The first kappa shape index (κ1) is 17.7. The maximum atomic E-state index is 12.9. The Bertz CT molecular complexity index is 640. The fourth-order valence-corrected chi connectivity index (χ4v) is 4.09. The maximum Gasteiger partial charge on any atom is 0.243 e. The van der Waals surface area contributed by atoms with Crippen LogP contribution < -0.4 is 5.73 Å². The Hall–Kier alpha value is -1.35. The minimum atomic E-state index is -3.51. The van der Waals surface area contributed by atoms with Crippen LogP contribution in [0.15, 0.2) is 23.1 Å². The second kappa shape index (κ2) is 7.60. The molecule has 0 aromatic heterocycles. The molecule has 0 fully saturated rings. The monoisotopic (exact) mass is 308 g/mol. The zero-order chi connectivity index (χ0) is 16.0. The summed E-state index contributed by atoms with van der Waals surface area (Å²) >= 11 is 0. The van der Waals surface area contributed by atoms with E-state index in [0.29, 0.717) is 17.0 Å². The summed E-state index contributed by atoms with van der Waals surface area (Å²) < 4.78 is 27.3. The molecule has 116 valence electrons. The van der Waals surface area contributed by atoms with Crippen molar-refractivity contribution >= 4 is 10.0 Å². The number of hydrogen-bond acceptors (Lipinski definition) is 3. The first-order chi connectivity index (χ1) is 9.84. The summed E-state index contributed by atoms with van der Waals surface area (Å²) in [5, 5.41) is 0. The second-order valence-corrected chi connectivity index (χ2v) is 7.05. The SMILES string of the molecule is CCCN(C(C)C)S(=O)(=O)c1cc(C#CCN)ccc1C. The van der Waals surface area contributed by atoms with E-state index < -0.39 is 10.0 Å². The molecule has 21 heavy (non-hydrogen) atoms. The van der Waals surface area contributed by atoms with E-state index in [9.17, 15) is 8.42 Å². The van der Waals surface area contributed by atoms with Crippen molar-refractivity contribution in [3.63, 3.8) is 0 Å². The Balaban J connectivity index is 3.35. The van der Waals surface area contributed by atoms with Crippen molar-refractivity contribution < 1.29 is 8.42 Å². The Morgan fingerprint density at radius 2 is 2.00 bits per heavy atom. The van der Waals surface area contributed by atoms with E-state index in [4.69, 9.17) is 5.73 Å². The summed E-state index contributed by atoms with van der Waals surface area (Å²) in [4.78, 5) is 0.327. The van der Waals surface area contributed by atoms with Gasteiger partial charge in [0.15, 0.2) is 0 Å². The van der Waals surface area contributed by atoms with Gasteiger partial charge < -0.3 is 5.73 Å². The van der Waals surface area contributed by atoms with Gasteiger partial charge in [-0.3, -0.25) is 0 Å². The third kappa shape index (κ3) is 4.31. The number of nitrogens with zero attached hydrogens (tertiary/aromatic N) is 1. The van der Waals surface area contributed by atoms with Crippen LogP contribution in [0.4, 0.5) is 0 Å². The quantitative estimate of drug-likeness (QED) is 0.847. The second-order valence-electron chi connectivity index (χ2n) is 5.20. The van der Waals surface area contributed by atoms with Gasteiger partial charge in [-0.2, -0.15) is 4.31 Å². The van der Waals surface area contributed by atoms with Crippen molar-refractivity contribution in [2.75, 3.05) is 13.1 Å². The smallest absolute Gasteiger partial charge is 0.243 e. The average Bonchev–Trinajstić information content (AvgIpc) is 2.43. The molecule has 2 N–H and O–H groups in total. The van der Waals surface area contributed by atoms with Crippen LogP contribution in [-0.4, -0.2) is 31.9 Å². The average molecular weight is 308 g/mol. The van der Waals surface area contributed by atoms with E-state index >= 15 is 0 Å². The molecule has 0 unspecified atom stereocenters. The lowest BCUT2D eigenvalue weighted by Gasteiger charge is -2.26. The van der Waals surface area contributed by atoms with Crippen LogP contribution in [0.25, 0.3) is 0 Å². The molecule has 0 heterocycles. The summed E-state index contributed by atoms with van der Waals surface area (Å²) in [5.41, 5.74) is 6.76. The molecule has 0 atom stereocenters. The third-order valence-electron chi connectivity index (χ3n) is 3.13. The molecule has 1 rings (SSSR count). The van der Waals surface area contributed by atoms with Crippen LogP contribution in [0.2, 0.25) is 0 Å². The minimum Gasteiger partial charge on any atom is -0.320 e. The molecule has 0 saturated carbocycles. The summed E-state index contributed by atoms with van der Waals surface area (Å²) in [6, 6.07) is 5.17. The van der Waals surface area contributed by atoms with Crippen molar-refractivity contribution in [1.29, 1.82) is 0 Å². The highest BCUT2D eigenvalue weighted by Crippen LogP contribution is 2.23. The molecule has 0 bridgehead atoms. The molecule has 0 aliphatic heterocycles. The molecular weight excluding hydrogens is 284 g/mol. The number of rotatable bonds is 5. The Morgan fingerprint density at radius 1 is 1.33 bits per heavy atom. The largest absolute Gasteiger partial charge is 0.320 e. The third-order valence-corrected chi connectivity index (χ3v) is 5.35. The van der Waals surface area contributed by atoms with Crippen molar-refractivity contribution in [2.45, 2.75) is 45.1 Å². The van der Waals surface area contributed by atoms with Crippen LogP contribution in [0.3, 0.4) is 0 Å². The highest BCUT2D eigenvalue weighted by Gasteiger charge is 2.27. The van der Waals surface area contributed by atoms with E-state index in [-0.39, 0.29) is 12.6 Å². The van der Waals surface area contributed by atoms with Gasteiger partial charge in [-0.15, -0.1) is 0 Å². The van der Waals surface area contributed by atoms with Gasteiger partial charge in [0.05, 0.1) is 11.4 Å². The highest BCUT2D eigenvalue weighted by molar-refractivity contribution is 7.89. The maximum absolute atomic E-state index is 12.9. The molecule has 0 amide bonds. The lowest BCUT2D eigenvalue weighted by Crippen LogP contribution is -2.37. The molecule has 1 aromatic rings. The predicted molar refractivity (Wildman–Crippen MR) is 86.4 cm³/mol. The Kier molecular flexibility index (Phi) is 6.41. The fourth-order valence-electron chi connectivity index (χ4n) is 2.11. The Morgan fingerprint density at radius 3 is 2.52 bits per heavy atom. The molecular formula is C16H24N2O2S. The van der Waals surface area contributed by atoms with Crippen LogP contribution in [0, 0.1) is 18.8 Å². The number of nitrogens with two attached hydrogens (primary N) is 1. The molecule has 0 radical (unpaired) electrons. The first-order valence-corrected chi connectivity index (χ1v) is 8.60. The fraction of sp³-hybridized carbons (Fsp3) is 0.500. The molecule has 0 saturated heterocycles. The summed E-state index contributed by atoms with van der Waals surface area (Å²) in [6.07, 6.45) is 0.781. The van der Waals surface area contributed by atoms with Crippen LogP contribution in [0.1, 0.15) is 38.3 Å². The van der Waals surface area contributed by atoms with Crippen LogP contribution in [0.5, 0.6) is 0 Å². The van der Waals surface area contributed by atoms with E-state index in [1.165, 1.54) is 4.31 Å². The zero-order valence-electron chi connectivity index (χ0n) is 13.2. The van der Waals surface area contributed by atoms with Gasteiger partial charge in [0.2, 0.25) is 10.0 Å². The number of benzene rings is 1. The summed E-state index contributed by atoms with van der Waals surface area (Å²) in [6.45, 7) is 8.32. The van der Waals surface area contributed by atoms with Gasteiger partial charge >= 0.3 is 0 Å². The van der Waals surface area contributed by atoms with Gasteiger partial charge in [0.1, 0.15) is 0 Å². The van der Waals surface area contributed by atoms with Crippen molar-refractivity contribution in [3.05, 3.63) is 29.3 Å². The number of sulfonamides is 1. The molecule has 0 aliphatic rings. The Labute approximate surface area is 128 Å². The topological polar surface area (TPSA) is 63.4 Å². The number of hydrogen-bond donors (Lipinski definition) is 1. The summed E-state index contributed by atoms with van der Waals surface area (Å²) in [5.74, 6) is 5.64. The van der Waals surface area contributed by atoms with Gasteiger partial charge in [-0.05, 0) is 44.9 Å². The summed E-state index contributed by atoms with van der Waals surface area (Å²) in [7, 11) is -3.51. The zero-order valence-corrected chi connectivity index (χ0v) is 14.0. The predicted octanol–water partition coefficient (Wildman–Crippen LogP) is 2.11. The first-order valence-electron chi connectivity index (χ1n) is 7.16. The highest BCUT2D eigenvalue weighted by atomic mass is 32.2. The lowest BCUT2D eigenvalue weighted by molar-refractivity contribution is 0.354. The molecule has 4 nitrogen and oxygen atoms in total. The normalized spacial score (nSPS) is 11.6. The van der Waals surface area contributed by atoms with Gasteiger partial charge in [0.25, 0.3) is 0 Å². The van der Waals surface area contributed by atoms with E-state index in [1.54, 1.807) is 19.1 Å². The van der Waals surface area contributed by atoms with Gasteiger partial charge in [-0.25, -0.2) is 8.42 Å². The van der Waals surface area contributed by atoms with E-state index in [1.807, 2.05) is 26.8 Å². The lowest BCUT2D eigenvalue weighted by atomic mass is 10.1. The van der Waals surface area contributed by atoms with Crippen molar-refractivity contribution in [3.8, 4) is 11.8 Å². The van der Waals surface area contributed by atoms with Crippen LogP contribution in [-0.2, 0) is 10.0 Å². The van der Waals surface area contributed by atoms with Crippen molar-refractivity contribution in [1.82, 2.24) is 4.31 Å². The molecule has 5 heteroatoms. The molecule has 1 aromatic carbocycles. The number of aryl methyl sites for hydroxylation is 1. The van der Waals surface area contributed by atoms with E-state index in [2.05, 4.69) is 11.8 Å². The van der Waals surface area contributed by atoms with Gasteiger partial charge in [0, 0.05) is 18.2 Å². The standard InChI is InChI=1S/C16H24N2O2S/c1-5-11-18(13(2)3)21(19,20)16-12-15(7-6-10-17)9-8-14(16)4/h8-9,12-13H,5,10-11,17H2,1-4H3. The molecule has 0 spiro atoms. The van der Waals surface area contributed by atoms with E-state index in [0.717, 1.165) is 12.0 Å². The van der Waals surface area contributed by atoms with Crippen LogP contribution >= 0.6 is 0 Å². The minimum absolute atomic E-state index is 0.0758. The van der Waals surface area contributed by atoms with Crippen molar-refractivity contribution in [2.24, 2.45) is 5.73 Å².